The Labute approximate surface area is 98.4 Å². The number of furan rings is 1. The summed E-state index contributed by atoms with van der Waals surface area (Å²) in [6.45, 7) is 5.92. The van der Waals surface area contributed by atoms with Crippen LogP contribution in [0.25, 0.3) is 0 Å². The molecule has 4 heteroatoms. The molecule has 0 spiro atoms. The summed E-state index contributed by atoms with van der Waals surface area (Å²) >= 11 is 3.39. The molecule has 0 saturated carbocycles. The summed E-state index contributed by atoms with van der Waals surface area (Å²) in [6, 6.07) is 1.91. The molecule has 1 rings (SSSR count). The van der Waals surface area contributed by atoms with E-state index in [0.29, 0.717) is 11.7 Å². The van der Waals surface area contributed by atoms with E-state index in [1.165, 1.54) is 6.26 Å². The van der Waals surface area contributed by atoms with Gasteiger partial charge in [0.1, 0.15) is 0 Å². The van der Waals surface area contributed by atoms with Crippen molar-refractivity contribution in [2.75, 3.05) is 5.33 Å². The van der Waals surface area contributed by atoms with E-state index in [1.807, 2.05) is 13.8 Å². The number of nitrogens with one attached hydrogen (secondary N) is 1. The Balaban J connectivity index is 2.60. The molecule has 1 heterocycles. The largest absolute Gasteiger partial charge is 0.459 e. The minimum absolute atomic E-state index is 0.126. The van der Waals surface area contributed by atoms with Crippen LogP contribution in [0.3, 0.4) is 0 Å². The lowest BCUT2D eigenvalue weighted by atomic mass is 10.1. The monoisotopic (exact) mass is 273 g/mol. The summed E-state index contributed by atoms with van der Waals surface area (Å²) in [7, 11) is 0. The first kappa shape index (κ1) is 12.3. The van der Waals surface area contributed by atoms with Gasteiger partial charge in [-0.25, -0.2) is 0 Å². The SMILES string of the molecule is Cc1ccoc1C(=O)NC(C)C(C)CBr. The van der Waals surface area contributed by atoms with E-state index in [4.69, 9.17) is 4.42 Å². The van der Waals surface area contributed by atoms with E-state index >= 15 is 0 Å². The first-order valence-corrected chi connectivity index (χ1v) is 6.09. The third kappa shape index (κ3) is 3.09. The topological polar surface area (TPSA) is 42.2 Å². The molecule has 3 nitrogen and oxygen atoms in total. The Morgan fingerprint density at radius 2 is 2.27 bits per heavy atom. The molecule has 0 fully saturated rings. The summed E-state index contributed by atoms with van der Waals surface area (Å²) in [5.41, 5.74) is 0.867. The normalized spacial score (nSPS) is 14.7. The fourth-order valence-electron chi connectivity index (χ4n) is 1.15. The number of halogens is 1. The Bertz CT molecular complexity index is 335. The van der Waals surface area contributed by atoms with Gasteiger partial charge in [0.15, 0.2) is 5.76 Å². The van der Waals surface area contributed by atoms with Crippen molar-refractivity contribution < 1.29 is 9.21 Å². The van der Waals surface area contributed by atoms with Crippen LogP contribution >= 0.6 is 15.9 Å². The molecule has 1 N–H and O–H groups in total. The average Bonchev–Trinajstić information content (AvgIpc) is 2.63. The average molecular weight is 274 g/mol. The van der Waals surface area contributed by atoms with Crippen molar-refractivity contribution in [2.45, 2.75) is 26.8 Å². The fraction of sp³-hybridized carbons (Fsp3) is 0.545. The molecule has 0 radical (unpaired) electrons. The van der Waals surface area contributed by atoms with E-state index in [0.717, 1.165) is 10.9 Å². The number of aryl methyl sites for hydroxylation is 1. The fourth-order valence-corrected chi connectivity index (χ4v) is 1.71. The van der Waals surface area contributed by atoms with Crippen molar-refractivity contribution in [2.24, 2.45) is 5.92 Å². The van der Waals surface area contributed by atoms with Crippen molar-refractivity contribution in [3.8, 4) is 0 Å². The highest BCUT2D eigenvalue weighted by atomic mass is 79.9. The lowest BCUT2D eigenvalue weighted by Crippen LogP contribution is -2.37. The Hall–Kier alpha value is -0.770. The molecule has 2 unspecified atom stereocenters. The van der Waals surface area contributed by atoms with E-state index in [1.54, 1.807) is 6.07 Å². The molecule has 84 valence electrons. The highest BCUT2D eigenvalue weighted by molar-refractivity contribution is 9.09. The van der Waals surface area contributed by atoms with Gasteiger partial charge in [0, 0.05) is 16.9 Å². The molecule has 15 heavy (non-hydrogen) atoms. The van der Waals surface area contributed by atoms with E-state index in [-0.39, 0.29) is 11.9 Å². The quantitative estimate of drug-likeness (QED) is 0.858. The number of carbonyl (C=O) groups is 1. The smallest absolute Gasteiger partial charge is 0.287 e. The number of carbonyl (C=O) groups excluding carboxylic acids is 1. The zero-order valence-corrected chi connectivity index (χ0v) is 10.8. The summed E-state index contributed by atoms with van der Waals surface area (Å²) in [4.78, 5) is 11.7. The lowest BCUT2D eigenvalue weighted by molar-refractivity contribution is 0.0902. The minimum Gasteiger partial charge on any atom is -0.459 e. The second-order valence-electron chi connectivity index (χ2n) is 3.83. The zero-order chi connectivity index (χ0) is 11.4. The summed E-state index contributed by atoms with van der Waals surface area (Å²) in [5, 5.41) is 3.78. The molecule has 1 aromatic heterocycles. The van der Waals surface area contributed by atoms with Crippen LogP contribution < -0.4 is 5.32 Å². The molecule has 0 aromatic carbocycles. The van der Waals surface area contributed by atoms with Crippen LogP contribution in [0.15, 0.2) is 16.7 Å². The first-order chi connectivity index (χ1) is 7.06. The standard InChI is InChI=1S/C11H16BrNO2/c1-7-4-5-15-10(7)11(14)13-9(3)8(2)6-12/h4-5,8-9H,6H2,1-3H3,(H,13,14). The Morgan fingerprint density at radius 3 is 2.73 bits per heavy atom. The van der Waals surface area contributed by atoms with Crippen molar-refractivity contribution in [3.05, 3.63) is 23.7 Å². The van der Waals surface area contributed by atoms with Gasteiger partial charge in [-0.1, -0.05) is 22.9 Å². The predicted octanol–water partition coefficient (Wildman–Crippen LogP) is 2.74. The van der Waals surface area contributed by atoms with Crippen molar-refractivity contribution in [1.82, 2.24) is 5.32 Å². The van der Waals surface area contributed by atoms with Gasteiger partial charge in [-0.05, 0) is 25.8 Å². The van der Waals surface area contributed by atoms with Crippen molar-refractivity contribution in [1.29, 1.82) is 0 Å². The van der Waals surface area contributed by atoms with Gasteiger partial charge in [0.2, 0.25) is 0 Å². The van der Waals surface area contributed by atoms with Crippen LogP contribution in [0.1, 0.15) is 30.0 Å². The molecular weight excluding hydrogens is 258 g/mol. The third-order valence-corrected chi connectivity index (χ3v) is 3.55. The van der Waals surface area contributed by atoms with Crippen molar-refractivity contribution in [3.63, 3.8) is 0 Å². The third-order valence-electron chi connectivity index (χ3n) is 2.52. The van der Waals surface area contributed by atoms with Crippen LogP contribution in [-0.2, 0) is 0 Å². The molecule has 0 bridgehead atoms. The van der Waals surface area contributed by atoms with Crippen LogP contribution in [0.4, 0.5) is 0 Å². The highest BCUT2D eigenvalue weighted by Crippen LogP contribution is 2.11. The minimum atomic E-state index is -0.141. The van der Waals surface area contributed by atoms with E-state index < -0.39 is 0 Å². The molecule has 2 atom stereocenters. The van der Waals surface area contributed by atoms with Crippen molar-refractivity contribution >= 4 is 21.8 Å². The number of hydrogen-bond donors (Lipinski definition) is 1. The highest BCUT2D eigenvalue weighted by Gasteiger charge is 2.18. The Kier molecular flexibility index (Phi) is 4.39. The molecular formula is C11H16BrNO2. The molecule has 1 aromatic rings. The summed E-state index contributed by atoms with van der Waals surface area (Å²) in [5.74, 6) is 0.658. The van der Waals surface area contributed by atoms with Gasteiger partial charge in [-0.15, -0.1) is 0 Å². The molecule has 0 aliphatic heterocycles. The van der Waals surface area contributed by atoms with Crippen LogP contribution in [0.2, 0.25) is 0 Å². The maximum atomic E-state index is 11.7. The van der Waals surface area contributed by atoms with Gasteiger partial charge >= 0.3 is 0 Å². The Morgan fingerprint density at radius 1 is 1.60 bits per heavy atom. The number of alkyl halides is 1. The predicted molar refractivity (Wildman–Crippen MR) is 63.3 cm³/mol. The first-order valence-electron chi connectivity index (χ1n) is 4.97. The van der Waals surface area contributed by atoms with Crippen LogP contribution in [0, 0.1) is 12.8 Å². The number of hydrogen-bond acceptors (Lipinski definition) is 2. The maximum Gasteiger partial charge on any atom is 0.287 e. The summed E-state index contributed by atoms with van der Waals surface area (Å²) in [6.07, 6.45) is 1.53. The summed E-state index contributed by atoms with van der Waals surface area (Å²) < 4.78 is 5.12. The maximum absolute atomic E-state index is 11.7. The number of amides is 1. The number of rotatable bonds is 4. The second-order valence-corrected chi connectivity index (χ2v) is 4.47. The molecule has 1 amide bonds. The van der Waals surface area contributed by atoms with Gasteiger partial charge in [0.25, 0.3) is 5.91 Å². The van der Waals surface area contributed by atoms with Gasteiger partial charge in [-0.3, -0.25) is 4.79 Å². The lowest BCUT2D eigenvalue weighted by Gasteiger charge is -2.18. The molecule has 0 aliphatic carbocycles. The van der Waals surface area contributed by atoms with Gasteiger partial charge in [0.05, 0.1) is 6.26 Å². The molecule has 0 saturated heterocycles. The van der Waals surface area contributed by atoms with Crippen LogP contribution in [0.5, 0.6) is 0 Å². The molecule has 0 aliphatic rings. The van der Waals surface area contributed by atoms with E-state index in [2.05, 4.69) is 28.2 Å². The second kappa shape index (κ2) is 5.35. The van der Waals surface area contributed by atoms with Crippen LogP contribution in [-0.4, -0.2) is 17.3 Å². The zero-order valence-electron chi connectivity index (χ0n) is 9.21. The van der Waals surface area contributed by atoms with E-state index in [9.17, 15) is 4.79 Å². The van der Waals surface area contributed by atoms with Gasteiger partial charge < -0.3 is 9.73 Å². The van der Waals surface area contributed by atoms with Gasteiger partial charge in [-0.2, -0.15) is 0 Å².